The summed E-state index contributed by atoms with van der Waals surface area (Å²) in [6.07, 6.45) is 0.793. The number of rotatable bonds is 5. The Morgan fingerprint density at radius 1 is 1.45 bits per heavy atom. The van der Waals surface area contributed by atoms with Gasteiger partial charge in [0.05, 0.1) is 13.1 Å². The molecule has 0 bridgehead atoms. The Morgan fingerprint density at radius 2 is 2.14 bits per heavy atom. The number of nitrogens with one attached hydrogen (secondary N) is 1. The molecule has 6 heteroatoms. The van der Waals surface area contributed by atoms with Gasteiger partial charge in [-0.25, -0.2) is 4.79 Å². The smallest absolute Gasteiger partial charge is 0.410 e. The molecule has 6 nitrogen and oxygen atoms in total. The van der Waals surface area contributed by atoms with Gasteiger partial charge < -0.3 is 15.0 Å². The molecule has 1 rings (SSSR count). The van der Waals surface area contributed by atoms with Crippen molar-refractivity contribution in [2.75, 3.05) is 39.8 Å². The molecule has 0 aromatic rings. The molecule has 0 radical (unpaired) electrons. The first-order chi connectivity index (χ1) is 10.2. The molecule has 1 amide bonds. The van der Waals surface area contributed by atoms with Crippen molar-refractivity contribution in [1.29, 1.82) is 0 Å². The van der Waals surface area contributed by atoms with Gasteiger partial charge in [-0.05, 0) is 54.6 Å². The third-order valence-corrected chi connectivity index (χ3v) is 3.56. The number of aliphatic imine (C=N–C) groups is 1. The van der Waals surface area contributed by atoms with Crippen LogP contribution < -0.4 is 5.32 Å². The van der Waals surface area contributed by atoms with E-state index in [9.17, 15) is 4.79 Å². The molecule has 0 aromatic carbocycles. The highest BCUT2D eigenvalue weighted by atomic mass is 16.6. The number of amides is 1. The molecule has 0 aliphatic carbocycles. The molecule has 0 atom stereocenters. The molecule has 1 aliphatic rings. The van der Waals surface area contributed by atoms with Gasteiger partial charge in [-0.3, -0.25) is 9.89 Å². The van der Waals surface area contributed by atoms with E-state index in [1.807, 2.05) is 20.8 Å². The fraction of sp³-hybridized carbons (Fsp3) is 0.875. The number of hydrogen-bond donors (Lipinski definition) is 1. The van der Waals surface area contributed by atoms with E-state index in [0.29, 0.717) is 25.7 Å². The lowest BCUT2D eigenvalue weighted by atomic mass is 10.2. The first-order valence-electron chi connectivity index (χ1n) is 8.14. The lowest BCUT2D eigenvalue weighted by molar-refractivity contribution is 0.0276. The molecule has 0 saturated carbocycles. The monoisotopic (exact) mass is 312 g/mol. The van der Waals surface area contributed by atoms with Crippen LogP contribution in [0.3, 0.4) is 0 Å². The maximum Gasteiger partial charge on any atom is 0.410 e. The number of amidine groups is 1. The van der Waals surface area contributed by atoms with Gasteiger partial charge in [0, 0.05) is 19.1 Å². The second-order valence-corrected chi connectivity index (χ2v) is 7.08. The second kappa shape index (κ2) is 8.36. The summed E-state index contributed by atoms with van der Waals surface area (Å²) in [7, 11) is 2.13. The van der Waals surface area contributed by atoms with Gasteiger partial charge in [-0.1, -0.05) is 0 Å². The van der Waals surface area contributed by atoms with Crippen LogP contribution in [0.4, 0.5) is 4.79 Å². The topological polar surface area (TPSA) is 57.2 Å². The number of hydrogen-bond acceptors (Lipinski definition) is 5. The van der Waals surface area contributed by atoms with E-state index < -0.39 is 5.60 Å². The normalized spacial score (nSPS) is 16.0. The van der Waals surface area contributed by atoms with Gasteiger partial charge >= 0.3 is 6.09 Å². The zero-order valence-corrected chi connectivity index (χ0v) is 15.0. The molecule has 0 aromatic heterocycles. The summed E-state index contributed by atoms with van der Waals surface area (Å²) in [6, 6.07) is 0.565. The predicted octanol–water partition coefficient (Wildman–Crippen LogP) is 1.96. The van der Waals surface area contributed by atoms with E-state index in [1.165, 1.54) is 0 Å². The van der Waals surface area contributed by atoms with Crippen LogP contribution in [0.25, 0.3) is 0 Å². The van der Waals surface area contributed by atoms with Crippen LogP contribution in [0.15, 0.2) is 4.99 Å². The minimum absolute atomic E-state index is 0.263. The van der Waals surface area contributed by atoms with Crippen molar-refractivity contribution >= 4 is 11.9 Å². The van der Waals surface area contributed by atoms with Crippen LogP contribution in [0.5, 0.6) is 0 Å². The highest BCUT2D eigenvalue weighted by Gasteiger charge is 2.24. The van der Waals surface area contributed by atoms with E-state index in [4.69, 9.17) is 4.74 Å². The summed E-state index contributed by atoms with van der Waals surface area (Å²) >= 11 is 0. The minimum atomic E-state index is -0.458. The van der Waals surface area contributed by atoms with E-state index in [1.54, 1.807) is 4.90 Å². The van der Waals surface area contributed by atoms with Crippen molar-refractivity contribution in [3.05, 3.63) is 0 Å². The van der Waals surface area contributed by atoms with Gasteiger partial charge in [0.15, 0.2) is 0 Å². The van der Waals surface area contributed by atoms with E-state index in [2.05, 4.69) is 36.1 Å². The molecule has 1 heterocycles. The van der Waals surface area contributed by atoms with Crippen LogP contribution in [0, 0.1) is 0 Å². The lowest BCUT2D eigenvalue weighted by Gasteiger charge is -2.30. The summed E-state index contributed by atoms with van der Waals surface area (Å²) < 4.78 is 5.41. The van der Waals surface area contributed by atoms with Crippen LogP contribution >= 0.6 is 0 Å². The standard InChI is InChI=1S/C16H32N4O2/c1-13(2)19(6)10-7-8-17-14-12-20(11-9-18-14)15(21)22-16(3,4)5/h13H,7-12H2,1-6H3,(H,17,18). The number of carbonyl (C=O) groups is 1. The second-order valence-electron chi connectivity index (χ2n) is 7.08. The van der Waals surface area contributed by atoms with Crippen LogP contribution in [-0.2, 0) is 4.74 Å². The number of nitrogens with zero attached hydrogens (tertiary/aromatic N) is 3. The minimum Gasteiger partial charge on any atom is -0.444 e. The summed E-state index contributed by atoms with van der Waals surface area (Å²) in [5, 5.41) is 3.34. The maximum absolute atomic E-state index is 12.1. The van der Waals surface area contributed by atoms with Crippen molar-refractivity contribution in [1.82, 2.24) is 15.1 Å². The first-order valence-corrected chi connectivity index (χ1v) is 8.14. The van der Waals surface area contributed by atoms with E-state index in [0.717, 1.165) is 25.3 Å². The van der Waals surface area contributed by atoms with Crippen molar-refractivity contribution in [3.63, 3.8) is 0 Å². The molecule has 0 spiro atoms. The summed E-state index contributed by atoms with van der Waals surface area (Å²) in [6.45, 7) is 13.7. The summed E-state index contributed by atoms with van der Waals surface area (Å²) in [5.74, 6) is 0.879. The van der Waals surface area contributed by atoms with Crippen molar-refractivity contribution < 1.29 is 9.53 Å². The summed E-state index contributed by atoms with van der Waals surface area (Å²) in [4.78, 5) is 20.5. The Morgan fingerprint density at radius 3 is 2.73 bits per heavy atom. The largest absolute Gasteiger partial charge is 0.444 e. The van der Waals surface area contributed by atoms with Gasteiger partial charge in [-0.2, -0.15) is 0 Å². The number of carbonyl (C=O) groups excluding carboxylic acids is 1. The third-order valence-electron chi connectivity index (χ3n) is 3.56. The Bertz CT molecular complexity index is 388. The molecule has 0 unspecified atom stereocenters. The molecule has 1 aliphatic heterocycles. The molecular weight excluding hydrogens is 280 g/mol. The van der Waals surface area contributed by atoms with Crippen molar-refractivity contribution in [2.24, 2.45) is 4.99 Å². The number of ether oxygens (including phenoxy) is 1. The van der Waals surface area contributed by atoms with Crippen LogP contribution in [0.2, 0.25) is 0 Å². The fourth-order valence-electron chi connectivity index (χ4n) is 2.03. The van der Waals surface area contributed by atoms with Crippen LogP contribution in [-0.4, -0.2) is 73.1 Å². The molecule has 0 fully saturated rings. The lowest BCUT2D eigenvalue weighted by Crippen LogP contribution is -2.47. The van der Waals surface area contributed by atoms with Crippen molar-refractivity contribution in [3.8, 4) is 0 Å². The maximum atomic E-state index is 12.1. The van der Waals surface area contributed by atoms with E-state index in [-0.39, 0.29) is 6.09 Å². The average Bonchev–Trinajstić information content (AvgIpc) is 2.41. The van der Waals surface area contributed by atoms with Gasteiger partial charge in [0.2, 0.25) is 0 Å². The Labute approximate surface area is 134 Å². The summed E-state index contributed by atoms with van der Waals surface area (Å²) in [5.41, 5.74) is -0.458. The van der Waals surface area contributed by atoms with E-state index >= 15 is 0 Å². The Balaban J connectivity index is 2.31. The fourth-order valence-corrected chi connectivity index (χ4v) is 2.03. The Hall–Kier alpha value is -1.30. The molecule has 22 heavy (non-hydrogen) atoms. The van der Waals surface area contributed by atoms with Crippen LogP contribution in [0.1, 0.15) is 41.0 Å². The van der Waals surface area contributed by atoms with Crippen molar-refractivity contribution in [2.45, 2.75) is 52.7 Å². The molecule has 0 saturated heterocycles. The molecular formula is C16H32N4O2. The quantitative estimate of drug-likeness (QED) is 0.789. The Kier molecular flexibility index (Phi) is 7.13. The zero-order chi connectivity index (χ0) is 16.8. The predicted molar refractivity (Wildman–Crippen MR) is 90.5 cm³/mol. The first kappa shape index (κ1) is 18.7. The zero-order valence-electron chi connectivity index (χ0n) is 15.0. The van der Waals surface area contributed by atoms with Gasteiger partial charge in [0.25, 0.3) is 0 Å². The molecule has 128 valence electrons. The highest BCUT2D eigenvalue weighted by molar-refractivity contribution is 5.87. The average molecular weight is 312 g/mol. The molecule has 1 N–H and O–H groups in total. The highest BCUT2D eigenvalue weighted by Crippen LogP contribution is 2.10. The third kappa shape index (κ3) is 7.11. The van der Waals surface area contributed by atoms with Gasteiger partial charge in [-0.15, -0.1) is 0 Å². The SMILES string of the molecule is CC(C)N(C)CCCNC1=NCCN(C(=O)OC(C)(C)C)C1. The van der Waals surface area contributed by atoms with Gasteiger partial charge in [0.1, 0.15) is 11.4 Å².